The topological polar surface area (TPSA) is 3.24 Å². The Balaban J connectivity index is 3.10. The number of hydrogen-bond donors (Lipinski definition) is 0. The summed E-state index contributed by atoms with van der Waals surface area (Å²) in [5.41, 5.74) is 2.58. The van der Waals surface area contributed by atoms with Gasteiger partial charge in [0.2, 0.25) is 0 Å². The van der Waals surface area contributed by atoms with E-state index in [4.69, 9.17) is 22.5 Å². The molecular formula is C12H18Cl2NP. The maximum absolute atomic E-state index is 6.04. The number of halogens is 2. The maximum atomic E-state index is 6.04. The van der Waals surface area contributed by atoms with Crippen LogP contribution in [-0.2, 0) is 6.54 Å². The third kappa shape index (κ3) is 3.89. The van der Waals surface area contributed by atoms with Crippen molar-refractivity contribution in [2.24, 2.45) is 0 Å². The number of hydrogen-bond acceptors (Lipinski definition) is 1. The molecule has 16 heavy (non-hydrogen) atoms. The molecule has 0 heterocycles. The lowest BCUT2D eigenvalue weighted by Gasteiger charge is -2.17. The molecule has 90 valence electrons. The van der Waals surface area contributed by atoms with Gasteiger partial charge >= 0.3 is 0 Å². The van der Waals surface area contributed by atoms with E-state index in [9.17, 15) is 0 Å². The summed E-state index contributed by atoms with van der Waals surface area (Å²) in [5.74, 6) is 0.534. The van der Waals surface area contributed by atoms with E-state index < -0.39 is 6.63 Å². The van der Waals surface area contributed by atoms with Crippen molar-refractivity contribution in [1.29, 1.82) is 0 Å². The fraction of sp³-hybridized carbons (Fsp3) is 0.500. The minimum absolute atomic E-state index is 0.534. The Morgan fingerprint density at radius 3 is 2.31 bits per heavy atom. The third-order valence-electron chi connectivity index (χ3n) is 2.44. The Bertz CT molecular complexity index is 351. The molecule has 1 nitrogen and oxygen atoms in total. The van der Waals surface area contributed by atoms with Crippen LogP contribution in [0.5, 0.6) is 0 Å². The van der Waals surface area contributed by atoms with Gasteiger partial charge in [-0.3, -0.25) is 0 Å². The van der Waals surface area contributed by atoms with Crippen LogP contribution in [-0.4, -0.2) is 19.0 Å². The van der Waals surface area contributed by atoms with Gasteiger partial charge in [0.1, 0.15) is 6.63 Å². The summed E-state index contributed by atoms with van der Waals surface area (Å²) in [6, 6.07) is 6.42. The molecule has 0 saturated carbocycles. The quantitative estimate of drug-likeness (QED) is 0.743. The molecule has 0 saturated heterocycles. The van der Waals surface area contributed by atoms with E-state index in [1.54, 1.807) is 0 Å². The first-order valence-corrected chi connectivity index (χ1v) is 8.46. The third-order valence-corrected chi connectivity index (χ3v) is 4.33. The first kappa shape index (κ1) is 14.3. The Kier molecular flexibility index (Phi) is 5.53. The zero-order chi connectivity index (χ0) is 12.3. The van der Waals surface area contributed by atoms with Crippen LogP contribution < -0.4 is 5.30 Å². The molecule has 0 aliphatic heterocycles. The highest BCUT2D eigenvalue weighted by Crippen LogP contribution is 2.46. The largest absolute Gasteiger partial charge is 0.305 e. The molecule has 1 aromatic carbocycles. The van der Waals surface area contributed by atoms with Gasteiger partial charge in [-0.15, -0.1) is 0 Å². The highest BCUT2D eigenvalue weighted by molar-refractivity contribution is 8.08. The lowest BCUT2D eigenvalue weighted by Crippen LogP contribution is -2.17. The van der Waals surface area contributed by atoms with E-state index in [1.807, 2.05) is 0 Å². The number of nitrogens with zero attached hydrogens (tertiary/aromatic N) is 1. The summed E-state index contributed by atoms with van der Waals surface area (Å²) in [5, 5.41) is 1.08. The van der Waals surface area contributed by atoms with Crippen LogP contribution >= 0.6 is 29.1 Å². The van der Waals surface area contributed by atoms with E-state index in [0.29, 0.717) is 5.92 Å². The zero-order valence-corrected chi connectivity index (χ0v) is 12.6. The van der Waals surface area contributed by atoms with Crippen molar-refractivity contribution in [3.63, 3.8) is 0 Å². The standard InChI is InChI=1S/C12H18Cl2NP/c1-9(2)10-5-6-12(16(13)14)11(7-10)8-15(3)4/h5-7,9H,8H2,1-4H3. The summed E-state index contributed by atoms with van der Waals surface area (Å²) in [7, 11) is 4.10. The average molecular weight is 278 g/mol. The summed E-state index contributed by atoms with van der Waals surface area (Å²) < 4.78 is 0. The monoisotopic (exact) mass is 277 g/mol. The van der Waals surface area contributed by atoms with Gasteiger partial charge in [0.05, 0.1) is 0 Å². The van der Waals surface area contributed by atoms with Crippen molar-refractivity contribution >= 4 is 34.4 Å². The molecule has 0 amide bonds. The van der Waals surface area contributed by atoms with Crippen LogP contribution in [0.25, 0.3) is 0 Å². The van der Waals surface area contributed by atoms with Gasteiger partial charge in [-0.05, 0) is 31.1 Å². The second-order valence-electron chi connectivity index (χ2n) is 4.51. The first-order valence-electron chi connectivity index (χ1n) is 5.31. The van der Waals surface area contributed by atoms with E-state index in [1.165, 1.54) is 11.1 Å². The molecule has 4 heteroatoms. The molecule has 0 aliphatic carbocycles. The van der Waals surface area contributed by atoms with Crippen molar-refractivity contribution < 1.29 is 0 Å². The van der Waals surface area contributed by atoms with Crippen LogP contribution in [0.2, 0.25) is 0 Å². The van der Waals surface area contributed by atoms with E-state index >= 15 is 0 Å². The van der Waals surface area contributed by atoms with Crippen LogP contribution in [0.4, 0.5) is 0 Å². The number of benzene rings is 1. The van der Waals surface area contributed by atoms with Crippen molar-refractivity contribution in [1.82, 2.24) is 4.90 Å². The molecule has 0 bridgehead atoms. The lowest BCUT2D eigenvalue weighted by atomic mass is 10.0. The summed E-state index contributed by atoms with van der Waals surface area (Å²) in [6.45, 7) is 4.21. The molecule has 0 aliphatic rings. The van der Waals surface area contributed by atoms with Crippen LogP contribution in [0.15, 0.2) is 18.2 Å². The van der Waals surface area contributed by atoms with Crippen molar-refractivity contribution in [3.8, 4) is 0 Å². The Morgan fingerprint density at radius 1 is 1.25 bits per heavy atom. The average Bonchev–Trinajstić information content (AvgIpc) is 2.15. The van der Waals surface area contributed by atoms with Crippen molar-refractivity contribution in [3.05, 3.63) is 29.3 Å². The van der Waals surface area contributed by atoms with Crippen molar-refractivity contribution in [2.45, 2.75) is 26.3 Å². The molecule has 0 spiro atoms. The second kappa shape index (κ2) is 6.21. The molecule has 0 fully saturated rings. The van der Waals surface area contributed by atoms with Gasteiger partial charge in [-0.25, -0.2) is 0 Å². The predicted molar refractivity (Wildman–Crippen MR) is 76.2 cm³/mol. The molecule has 0 unspecified atom stereocenters. The van der Waals surface area contributed by atoms with Crippen molar-refractivity contribution in [2.75, 3.05) is 14.1 Å². The Hall–Kier alpha value is 0.190. The van der Waals surface area contributed by atoms with Gasteiger partial charge in [0, 0.05) is 11.8 Å². The minimum atomic E-state index is -1.06. The van der Waals surface area contributed by atoms with Crippen LogP contribution in [0.3, 0.4) is 0 Å². The first-order chi connectivity index (χ1) is 7.41. The molecule has 0 atom stereocenters. The molecule has 0 aromatic heterocycles. The van der Waals surface area contributed by atoms with E-state index in [0.717, 1.165) is 11.8 Å². The fourth-order valence-corrected chi connectivity index (χ4v) is 3.13. The SMILES string of the molecule is CC(C)c1ccc(P(Cl)Cl)c(CN(C)C)c1. The highest BCUT2D eigenvalue weighted by atomic mass is 35.9. The minimum Gasteiger partial charge on any atom is -0.305 e. The van der Waals surface area contributed by atoms with Gasteiger partial charge in [0.15, 0.2) is 0 Å². The fourth-order valence-electron chi connectivity index (χ4n) is 1.60. The second-order valence-corrected chi connectivity index (χ2v) is 8.01. The van der Waals surface area contributed by atoms with E-state index in [-0.39, 0.29) is 0 Å². The van der Waals surface area contributed by atoms with Gasteiger partial charge in [-0.1, -0.05) is 54.5 Å². The molecular weight excluding hydrogens is 260 g/mol. The molecule has 0 radical (unpaired) electrons. The van der Waals surface area contributed by atoms with Gasteiger partial charge < -0.3 is 4.90 Å². The maximum Gasteiger partial charge on any atom is 0.117 e. The van der Waals surface area contributed by atoms with Crippen LogP contribution in [0.1, 0.15) is 30.9 Å². The van der Waals surface area contributed by atoms with Gasteiger partial charge in [0.25, 0.3) is 0 Å². The normalized spacial score (nSPS) is 11.8. The lowest BCUT2D eigenvalue weighted by molar-refractivity contribution is 0.403. The van der Waals surface area contributed by atoms with Crippen LogP contribution in [0, 0.1) is 0 Å². The molecule has 1 aromatic rings. The van der Waals surface area contributed by atoms with Gasteiger partial charge in [-0.2, -0.15) is 0 Å². The number of rotatable bonds is 4. The molecule has 0 N–H and O–H groups in total. The summed E-state index contributed by atoms with van der Waals surface area (Å²) >= 11 is 12.1. The smallest absolute Gasteiger partial charge is 0.117 e. The predicted octanol–water partition coefficient (Wildman–Crippen LogP) is 4.29. The van der Waals surface area contributed by atoms with E-state index in [2.05, 4.69) is 51.0 Å². The summed E-state index contributed by atoms with van der Waals surface area (Å²) in [6.07, 6.45) is 0. The highest BCUT2D eigenvalue weighted by Gasteiger charge is 2.12. The zero-order valence-electron chi connectivity index (χ0n) is 10.2. The Labute approximate surface area is 109 Å². The summed E-state index contributed by atoms with van der Waals surface area (Å²) in [4.78, 5) is 2.13. The Morgan fingerprint density at radius 2 is 1.88 bits per heavy atom. The molecule has 1 rings (SSSR count).